The number of carbonyl (C=O) groups excluding carboxylic acids is 6. The number of carbonyl (C=O) groups is 6. The summed E-state index contributed by atoms with van der Waals surface area (Å²) in [6.45, 7) is 16.3. The number of rotatable bonds is 21. The summed E-state index contributed by atoms with van der Waals surface area (Å²) in [6, 6.07) is 27.4. The summed E-state index contributed by atoms with van der Waals surface area (Å²) in [5.74, 6) is -4.89. The second kappa shape index (κ2) is 26.3. The molecule has 0 aliphatic rings. The van der Waals surface area contributed by atoms with Gasteiger partial charge < -0.3 is 41.8 Å². The van der Waals surface area contributed by atoms with Crippen LogP contribution in [0.15, 0.2) is 121 Å². The number of benzene rings is 4. The first-order valence-electron chi connectivity index (χ1n) is 24.5. The van der Waals surface area contributed by atoms with Gasteiger partial charge in [0, 0.05) is 0 Å². The van der Waals surface area contributed by atoms with Crippen LogP contribution in [0.2, 0.25) is 0 Å². The number of aliphatic hydroxyl groups excluding tert-OH is 2. The van der Waals surface area contributed by atoms with Gasteiger partial charge in [-0.05, 0) is 101 Å². The molecule has 16 nitrogen and oxygen atoms in total. The Hall–Kier alpha value is -6.46. The molecule has 0 aliphatic carbocycles. The molecule has 0 aromatic heterocycles. The van der Waals surface area contributed by atoms with E-state index in [-0.39, 0.29) is 25.7 Å². The normalized spacial score (nSPS) is 15.2. The first-order valence-corrected chi connectivity index (χ1v) is 24.5. The zero-order chi connectivity index (χ0) is 53.5. The number of aliphatic hydroxyl groups is 2. The largest absolute Gasteiger partial charge is 0.443 e. The summed E-state index contributed by atoms with van der Waals surface area (Å²) in [4.78, 5) is 88.1. The van der Waals surface area contributed by atoms with Gasteiger partial charge in [0.05, 0.1) is 24.2 Å². The number of amides is 6. The maximum atomic E-state index is 14.9. The van der Waals surface area contributed by atoms with E-state index >= 15 is 0 Å². The molecular formula is C56H76N6O10. The average Bonchev–Trinajstić information content (AvgIpc) is 3.30. The molecule has 16 heteroatoms. The van der Waals surface area contributed by atoms with Gasteiger partial charge in [-0.1, -0.05) is 149 Å². The molecule has 4 aromatic carbocycles. The van der Waals surface area contributed by atoms with Gasteiger partial charge in [-0.15, -0.1) is 0 Å². The van der Waals surface area contributed by atoms with Crippen molar-refractivity contribution in [3.05, 3.63) is 144 Å². The molecule has 72 heavy (non-hydrogen) atoms. The zero-order valence-electron chi connectivity index (χ0n) is 43.4. The second-order valence-corrected chi connectivity index (χ2v) is 20.9. The minimum absolute atomic E-state index is 0.0450. The van der Waals surface area contributed by atoms with Gasteiger partial charge in [0.15, 0.2) is 0 Å². The number of hydrogen-bond donors (Lipinski definition) is 6. The lowest BCUT2D eigenvalue weighted by molar-refractivity contribution is -0.144. The van der Waals surface area contributed by atoms with E-state index in [0.717, 1.165) is 20.9 Å². The van der Waals surface area contributed by atoms with Crippen LogP contribution in [-0.4, -0.2) is 115 Å². The molecule has 390 valence electrons. The molecule has 4 aromatic rings. The summed E-state index contributed by atoms with van der Waals surface area (Å²) in [5.41, 5.74) is 13.6. The van der Waals surface area contributed by atoms with Crippen LogP contribution in [-0.2, 0) is 54.3 Å². The number of imide groups is 2. The predicted molar refractivity (Wildman–Crippen MR) is 276 cm³/mol. The van der Waals surface area contributed by atoms with Crippen molar-refractivity contribution >= 4 is 35.8 Å². The fraction of sp³-hybridized carbons (Fsp3) is 0.464. The number of nitrogens with one attached hydrogen (secondary N) is 2. The van der Waals surface area contributed by atoms with Crippen LogP contribution in [0.25, 0.3) is 0 Å². The molecule has 0 unspecified atom stereocenters. The summed E-state index contributed by atoms with van der Waals surface area (Å²) in [7, 11) is 0. The van der Waals surface area contributed by atoms with Crippen LogP contribution < -0.4 is 22.1 Å². The Bertz CT molecular complexity index is 2210. The Labute approximate surface area is 424 Å². The first-order chi connectivity index (χ1) is 33.8. The van der Waals surface area contributed by atoms with Gasteiger partial charge in [0.1, 0.15) is 35.5 Å². The van der Waals surface area contributed by atoms with E-state index in [0.29, 0.717) is 11.1 Å². The van der Waals surface area contributed by atoms with Crippen LogP contribution in [0.1, 0.15) is 91.5 Å². The van der Waals surface area contributed by atoms with E-state index in [1.54, 1.807) is 178 Å². The Balaban J connectivity index is 1.77. The van der Waals surface area contributed by atoms with Crippen molar-refractivity contribution in [1.29, 1.82) is 0 Å². The highest BCUT2D eigenvalue weighted by Gasteiger charge is 2.45. The highest BCUT2D eigenvalue weighted by Crippen LogP contribution is 2.24. The van der Waals surface area contributed by atoms with E-state index < -0.39 is 107 Å². The maximum absolute atomic E-state index is 14.9. The molecule has 0 saturated heterocycles. The van der Waals surface area contributed by atoms with Crippen LogP contribution in [0, 0.1) is 11.8 Å². The van der Waals surface area contributed by atoms with Gasteiger partial charge in [0.2, 0.25) is 23.6 Å². The van der Waals surface area contributed by atoms with E-state index in [1.807, 2.05) is 12.1 Å². The summed E-state index contributed by atoms with van der Waals surface area (Å²) < 4.78 is 11.4. The average molecular weight is 993 g/mol. The highest BCUT2D eigenvalue weighted by atomic mass is 16.6. The quantitative estimate of drug-likeness (QED) is 0.0574. The Kier molecular flexibility index (Phi) is 21.2. The van der Waals surface area contributed by atoms with Crippen molar-refractivity contribution in [2.45, 2.75) is 155 Å². The van der Waals surface area contributed by atoms with Gasteiger partial charge >= 0.3 is 12.2 Å². The molecule has 0 bridgehead atoms. The zero-order valence-corrected chi connectivity index (χ0v) is 43.4. The lowest BCUT2D eigenvalue weighted by atomic mass is 9.90. The highest BCUT2D eigenvalue weighted by molar-refractivity contribution is 6.01. The minimum atomic E-state index is -1.85. The predicted octanol–water partition coefficient (Wildman–Crippen LogP) is 5.88. The van der Waals surface area contributed by atoms with Crippen LogP contribution in [0.4, 0.5) is 9.59 Å². The number of nitrogens with zero attached hydrogens (tertiary/aromatic N) is 2. The van der Waals surface area contributed by atoms with Crippen molar-refractivity contribution in [3.63, 3.8) is 0 Å². The van der Waals surface area contributed by atoms with Gasteiger partial charge in [-0.2, -0.15) is 0 Å². The van der Waals surface area contributed by atoms with Crippen LogP contribution >= 0.6 is 0 Å². The Morgan fingerprint density at radius 3 is 0.958 bits per heavy atom. The van der Waals surface area contributed by atoms with Crippen molar-refractivity contribution < 1.29 is 48.5 Å². The van der Waals surface area contributed by atoms with Crippen molar-refractivity contribution in [2.75, 3.05) is 0 Å². The molecule has 0 radical (unpaired) electrons. The topological polar surface area (TPSA) is 244 Å². The van der Waals surface area contributed by atoms with Gasteiger partial charge in [-0.3, -0.25) is 19.2 Å². The number of hydrogen-bond acceptors (Lipinski definition) is 12. The molecule has 4 rings (SSSR count). The lowest BCUT2D eigenvalue weighted by Gasteiger charge is -2.38. The fourth-order valence-electron chi connectivity index (χ4n) is 8.27. The summed E-state index contributed by atoms with van der Waals surface area (Å²) in [5, 5.41) is 30.6. The van der Waals surface area contributed by atoms with E-state index in [9.17, 15) is 39.0 Å². The molecule has 0 saturated carbocycles. The molecule has 0 heterocycles. The lowest BCUT2D eigenvalue weighted by Crippen LogP contribution is -2.64. The molecule has 0 aliphatic heterocycles. The second-order valence-electron chi connectivity index (χ2n) is 20.9. The summed E-state index contributed by atoms with van der Waals surface area (Å²) in [6.07, 6.45) is -5.93. The molecule has 0 fully saturated rings. The van der Waals surface area contributed by atoms with Crippen LogP contribution in [0.3, 0.4) is 0 Å². The van der Waals surface area contributed by atoms with Crippen molar-refractivity contribution in [1.82, 2.24) is 20.4 Å². The first kappa shape index (κ1) is 58.1. The number of ether oxygens (including phenoxy) is 2. The molecule has 8 atom stereocenters. The molecule has 0 spiro atoms. The standard InChI is InChI=1S/C56H76N6O10/c1-35(2)45(61(53(69)71-55(5,6)7)51(67)41(57)31-37-23-15-11-16-24-37)49(65)59-43(33-39-27-19-13-20-28-39)47(63)48(64)44(34-40-29-21-14-22-30-40)60-50(66)46(36(3)4)62(54(70)72-56(8,9)10)52(68)42(58)32-38-25-17-12-18-26-38/h11-30,35-36,41-48,63-64H,31-34,57-58H2,1-10H3,(H,59,65)(H,60,66)/t41-,42-,43+,44+,45-,46-,47+,48+/m0/s1. The van der Waals surface area contributed by atoms with Crippen LogP contribution in [0.5, 0.6) is 0 Å². The molecular weight excluding hydrogens is 917 g/mol. The molecule has 6 amide bonds. The van der Waals surface area contributed by atoms with E-state index in [2.05, 4.69) is 10.6 Å². The Morgan fingerprint density at radius 1 is 0.472 bits per heavy atom. The molecule has 8 N–H and O–H groups in total. The minimum Gasteiger partial charge on any atom is -0.443 e. The van der Waals surface area contributed by atoms with Gasteiger partial charge in [0.25, 0.3) is 0 Å². The Morgan fingerprint density at radius 2 is 0.722 bits per heavy atom. The third-order valence-corrected chi connectivity index (χ3v) is 11.7. The van der Waals surface area contributed by atoms with Crippen molar-refractivity contribution in [2.24, 2.45) is 23.3 Å². The smallest absolute Gasteiger partial charge is 0.417 e. The SMILES string of the molecule is CC(C)[C@@H](C(=O)N[C@H](Cc1ccccc1)[C@@H](O)[C@H](O)[C@@H](Cc1ccccc1)NC(=O)[C@H](C(C)C)N(C(=O)OC(C)(C)C)C(=O)[C@@H](N)Cc1ccccc1)N(C(=O)OC(C)(C)C)C(=O)[C@@H](N)Cc1ccccc1. The monoisotopic (exact) mass is 993 g/mol. The maximum Gasteiger partial charge on any atom is 0.417 e. The third kappa shape index (κ3) is 17.4. The fourth-order valence-corrected chi connectivity index (χ4v) is 8.27. The number of nitrogens with two attached hydrogens (primary N) is 2. The van der Waals surface area contributed by atoms with Gasteiger partial charge in [-0.25, -0.2) is 19.4 Å². The van der Waals surface area contributed by atoms with Crippen molar-refractivity contribution in [3.8, 4) is 0 Å². The van der Waals surface area contributed by atoms with E-state index in [1.165, 1.54) is 0 Å². The summed E-state index contributed by atoms with van der Waals surface area (Å²) >= 11 is 0. The van der Waals surface area contributed by atoms with E-state index in [4.69, 9.17) is 20.9 Å². The third-order valence-electron chi connectivity index (χ3n) is 11.7.